The van der Waals surface area contributed by atoms with Crippen LogP contribution in [0.3, 0.4) is 0 Å². The molecule has 6 N–H and O–H groups in total. The number of fused-ring (bicyclic) bond motifs is 1. The zero-order chi connectivity index (χ0) is 27.5. The van der Waals surface area contributed by atoms with E-state index >= 15 is 0 Å². The summed E-state index contributed by atoms with van der Waals surface area (Å²) in [6.07, 6.45) is -0.293. The highest BCUT2D eigenvalue weighted by molar-refractivity contribution is 5.98. The van der Waals surface area contributed by atoms with Crippen molar-refractivity contribution in [3.05, 3.63) is 53.5 Å². The minimum Gasteiger partial charge on any atom is -0.382 e. The normalized spacial score (nSPS) is 19.7. The summed E-state index contributed by atoms with van der Waals surface area (Å²) in [4.78, 5) is 26.7. The van der Waals surface area contributed by atoms with Gasteiger partial charge in [0, 0.05) is 36.3 Å². The summed E-state index contributed by atoms with van der Waals surface area (Å²) in [6.45, 7) is -0.318. The number of aromatic nitrogens is 6. The van der Waals surface area contributed by atoms with Crippen molar-refractivity contribution < 1.29 is 22.4 Å². The Bertz CT molecular complexity index is 1580. The van der Waals surface area contributed by atoms with Crippen LogP contribution in [-0.4, -0.2) is 54.3 Å². The first-order valence-corrected chi connectivity index (χ1v) is 12.2. The number of aromatic amines is 1. The number of H-pyrrole nitrogens is 1. The van der Waals surface area contributed by atoms with Gasteiger partial charge in [0.1, 0.15) is 29.0 Å². The fraction of sp³-hybridized carbons (Fsp3) is 0.375. The smallest absolute Gasteiger partial charge is 0.382 e. The zero-order valence-corrected chi connectivity index (χ0v) is 20.5. The third-order valence-corrected chi connectivity index (χ3v) is 7.21. The molecule has 6 rings (SSSR count). The van der Waals surface area contributed by atoms with E-state index in [0.29, 0.717) is 11.7 Å². The molecule has 39 heavy (non-hydrogen) atoms. The molecule has 2 fully saturated rings. The van der Waals surface area contributed by atoms with Gasteiger partial charge in [0.15, 0.2) is 11.5 Å². The Hall–Kier alpha value is -4.27. The van der Waals surface area contributed by atoms with Crippen molar-refractivity contribution >= 4 is 34.4 Å². The number of carbonyl (C=O) groups is 1. The molecule has 0 spiro atoms. The molecule has 15 heteroatoms. The monoisotopic (exact) mass is 544 g/mol. The van der Waals surface area contributed by atoms with Crippen molar-refractivity contribution in [3.8, 4) is 0 Å². The maximum atomic E-state index is 14.7. The van der Waals surface area contributed by atoms with E-state index in [2.05, 4.69) is 30.5 Å². The topological polar surface area (TPSA) is 157 Å². The summed E-state index contributed by atoms with van der Waals surface area (Å²) >= 11 is 0. The summed E-state index contributed by atoms with van der Waals surface area (Å²) in [7, 11) is 0. The average molecular weight is 545 g/mol. The highest BCUT2D eigenvalue weighted by Crippen LogP contribution is 2.41. The van der Waals surface area contributed by atoms with Gasteiger partial charge in [-0.2, -0.15) is 18.3 Å². The third-order valence-electron chi connectivity index (χ3n) is 7.21. The second-order valence-corrected chi connectivity index (χ2v) is 9.98. The van der Waals surface area contributed by atoms with Gasteiger partial charge < -0.3 is 26.3 Å². The molecule has 1 amide bonds. The molecule has 1 atom stereocenters. The van der Waals surface area contributed by atoms with E-state index in [9.17, 15) is 22.4 Å². The molecule has 1 saturated carbocycles. The molecular formula is C24H24F4N10O. The maximum absolute atomic E-state index is 14.7. The van der Waals surface area contributed by atoms with Gasteiger partial charge in [-0.3, -0.25) is 9.89 Å². The summed E-state index contributed by atoms with van der Waals surface area (Å²) in [5.41, 5.74) is 10.5. The molecule has 4 heterocycles. The van der Waals surface area contributed by atoms with Crippen LogP contribution in [0.4, 0.5) is 34.9 Å². The lowest BCUT2D eigenvalue weighted by Crippen LogP contribution is -2.53. The Morgan fingerprint density at radius 2 is 2.03 bits per heavy atom. The largest absolute Gasteiger partial charge is 0.419 e. The lowest BCUT2D eigenvalue weighted by atomic mass is 9.99. The van der Waals surface area contributed by atoms with Crippen LogP contribution in [0.25, 0.3) is 11.2 Å². The number of hydrogen-bond acceptors (Lipinski definition) is 8. The predicted molar refractivity (Wildman–Crippen MR) is 133 cm³/mol. The molecule has 11 nitrogen and oxygen atoms in total. The van der Waals surface area contributed by atoms with E-state index in [1.54, 1.807) is 11.0 Å². The lowest BCUT2D eigenvalue weighted by Gasteiger charge is -2.27. The van der Waals surface area contributed by atoms with Gasteiger partial charge in [0.2, 0.25) is 5.91 Å². The fourth-order valence-corrected chi connectivity index (χ4v) is 5.02. The fourth-order valence-electron chi connectivity index (χ4n) is 5.02. The number of anilines is 3. The number of benzene rings is 1. The number of nitrogen functional groups attached to an aromatic ring is 1. The maximum Gasteiger partial charge on any atom is 0.419 e. The van der Waals surface area contributed by atoms with Gasteiger partial charge >= 0.3 is 6.18 Å². The number of halogens is 4. The molecule has 0 bridgehead atoms. The lowest BCUT2D eigenvalue weighted by molar-refractivity contribution is -0.140. The Labute approximate surface area is 218 Å². The van der Waals surface area contributed by atoms with Gasteiger partial charge in [0.25, 0.3) is 0 Å². The van der Waals surface area contributed by atoms with Crippen molar-refractivity contribution in [2.45, 2.75) is 43.4 Å². The van der Waals surface area contributed by atoms with Gasteiger partial charge in [-0.25, -0.2) is 19.3 Å². The third kappa shape index (κ3) is 4.51. The Balaban J connectivity index is 1.32. The molecule has 204 valence electrons. The van der Waals surface area contributed by atoms with Crippen LogP contribution in [-0.2, 0) is 17.5 Å². The van der Waals surface area contributed by atoms with Crippen molar-refractivity contribution in [2.75, 3.05) is 29.0 Å². The van der Waals surface area contributed by atoms with Crippen molar-refractivity contribution in [3.63, 3.8) is 0 Å². The molecule has 1 saturated heterocycles. The van der Waals surface area contributed by atoms with Crippen molar-refractivity contribution in [2.24, 2.45) is 5.73 Å². The summed E-state index contributed by atoms with van der Waals surface area (Å²) < 4.78 is 58.5. The van der Waals surface area contributed by atoms with E-state index in [1.807, 2.05) is 0 Å². The number of nitrogens with one attached hydrogen (secondary N) is 2. The average Bonchev–Trinajstić information content (AvgIpc) is 3.26. The first-order valence-electron chi connectivity index (χ1n) is 12.2. The van der Waals surface area contributed by atoms with Crippen LogP contribution in [0.1, 0.15) is 42.0 Å². The Morgan fingerprint density at radius 3 is 2.77 bits per heavy atom. The van der Waals surface area contributed by atoms with Crippen molar-refractivity contribution in [1.29, 1.82) is 0 Å². The highest BCUT2D eigenvalue weighted by Gasteiger charge is 2.44. The number of nitrogens with two attached hydrogens (primary N) is 2. The number of rotatable bonds is 6. The van der Waals surface area contributed by atoms with Gasteiger partial charge in [-0.15, -0.1) is 0 Å². The molecule has 3 aromatic heterocycles. The van der Waals surface area contributed by atoms with Crippen LogP contribution >= 0.6 is 0 Å². The second kappa shape index (κ2) is 8.90. The molecule has 0 radical (unpaired) electrons. The van der Waals surface area contributed by atoms with E-state index in [-0.39, 0.29) is 47.7 Å². The van der Waals surface area contributed by atoms with Crippen molar-refractivity contribution in [1.82, 2.24) is 29.7 Å². The minimum atomic E-state index is -4.99. The number of hydrogen-bond donors (Lipinski definition) is 4. The standard InChI is InChI=1S/C24H24F4N10O/c25-14-3-4-16(13(18(14)24(26,27)28)8-38-11-33-19-20(29)31-10-32-21(19)38)37-6-5-23(30,9-37)22(39)34-17-7-15(35-36-17)12-1-2-12/h3-4,7,10-12H,1-2,5-6,8-9,30H2,(H2,29,31,32)(H2,34,35,36,39). The first kappa shape index (κ1) is 25.0. The van der Waals surface area contributed by atoms with E-state index in [1.165, 1.54) is 23.3 Å². The number of amides is 1. The molecular weight excluding hydrogens is 520 g/mol. The Kier molecular flexibility index (Phi) is 5.71. The molecule has 1 unspecified atom stereocenters. The van der Waals surface area contributed by atoms with Crippen LogP contribution in [0, 0.1) is 5.82 Å². The summed E-state index contributed by atoms with van der Waals surface area (Å²) in [5.74, 6) is -1.06. The Morgan fingerprint density at radius 1 is 1.23 bits per heavy atom. The quantitative estimate of drug-likeness (QED) is 0.270. The molecule has 1 aliphatic heterocycles. The zero-order valence-electron chi connectivity index (χ0n) is 20.5. The highest BCUT2D eigenvalue weighted by atomic mass is 19.4. The molecule has 4 aromatic rings. The first-order chi connectivity index (χ1) is 18.5. The minimum absolute atomic E-state index is 0.0641. The van der Waals surface area contributed by atoms with E-state index in [4.69, 9.17) is 11.5 Å². The van der Waals surface area contributed by atoms with Crippen LogP contribution < -0.4 is 21.7 Å². The SMILES string of the molecule is Nc1ncnc2c1ncn2Cc1c(N2CCC(N)(C(=O)Nc3cc(C4CC4)n[nH]3)C2)ccc(F)c1C(F)(F)F. The molecule has 1 aromatic carbocycles. The number of nitrogens with zero attached hydrogens (tertiary/aromatic N) is 6. The number of alkyl halides is 3. The molecule has 2 aliphatic rings. The van der Waals surface area contributed by atoms with Crippen LogP contribution in [0.2, 0.25) is 0 Å². The van der Waals surface area contributed by atoms with E-state index in [0.717, 1.165) is 24.6 Å². The summed E-state index contributed by atoms with van der Waals surface area (Å²) in [6, 6.07) is 3.79. The van der Waals surface area contributed by atoms with Gasteiger partial charge in [-0.1, -0.05) is 0 Å². The van der Waals surface area contributed by atoms with Crippen LogP contribution in [0.15, 0.2) is 30.9 Å². The van der Waals surface area contributed by atoms with E-state index < -0.39 is 35.5 Å². The number of carbonyl (C=O) groups excluding carboxylic acids is 1. The molecule has 1 aliphatic carbocycles. The van der Waals surface area contributed by atoms with Gasteiger partial charge in [0.05, 0.1) is 24.1 Å². The van der Waals surface area contributed by atoms with Crippen LogP contribution in [0.5, 0.6) is 0 Å². The summed E-state index contributed by atoms with van der Waals surface area (Å²) in [5, 5.41) is 9.71. The van der Waals surface area contributed by atoms with Gasteiger partial charge in [-0.05, 0) is 31.4 Å². The predicted octanol–water partition coefficient (Wildman–Crippen LogP) is 2.76. The second-order valence-electron chi connectivity index (χ2n) is 9.98. The number of imidazole rings is 1.